The molecule has 1 aromatic heterocycles. The Morgan fingerprint density at radius 2 is 2.22 bits per heavy atom. The van der Waals surface area contributed by atoms with E-state index in [9.17, 15) is 10.1 Å². The van der Waals surface area contributed by atoms with Gasteiger partial charge in [-0.05, 0) is 6.07 Å². The van der Waals surface area contributed by atoms with Gasteiger partial charge in [-0.2, -0.15) is 4.98 Å². The van der Waals surface area contributed by atoms with E-state index in [1.54, 1.807) is 6.07 Å². The highest BCUT2D eigenvalue weighted by atomic mass is 35.5. The maximum atomic E-state index is 10.8. The van der Waals surface area contributed by atoms with Crippen LogP contribution in [0.1, 0.15) is 11.7 Å². The van der Waals surface area contributed by atoms with Gasteiger partial charge in [-0.3, -0.25) is 10.1 Å². The maximum absolute atomic E-state index is 10.8. The lowest BCUT2D eigenvalue weighted by atomic mass is 10.1. The molecule has 1 atom stereocenters. The van der Waals surface area contributed by atoms with Crippen molar-refractivity contribution in [3.63, 3.8) is 0 Å². The zero-order chi connectivity index (χ0) is 16.4. The summed E-state index contributed by atoms with van der Waals surface area (Å²) in [5.41, 5.74) is 6.21. The maximum Gasteiger partial charge on any atom is 0.329 e. The zero-order valence-corrected chi connectivity index (χ0v) is 12.8. The summed E-state index contributed by atoms with van der Waals surface area (Å²) < 4.78 is 5.77. The summed E-state index contributed by atoms with van der Waals surface area (Å²) >= 11 is 6.21. The molecule has 3 rings (SSSR count). The summed E-state index contributed by atoms with van der Waals surface area (Å²) in [4.78, 5) is 20.1. The smallest absolute Gasteiger partial charge is 0.329 e. The van der Waals surface area contributed by atoms with Crippen molar-refractivity contribution in [2.24, 2.45) is 0 Å². The van der Waals surface area contributed by atoms with Crippen molar-refractivity contribution in [1.82, 2.24) is 9.97 Å². The average Bonchev–Trinajstić information content (AvgIpc) is 2.55. The van der Waals surface area contributed by atoms with Gasteiger partial charge >= 0.3 is 5.69 Å². The van der Waals surface area contributed by atoms with E-state index in [0.29, 0.717) is 30.7 Å². The minimum Gasteiger partial charge on any atom is -0.378 e. The summed E-state index contributed by atoms with van der Waals surface area (Å²) in [6.45, 7) is 1.52. The lowest BCUT2D eigenvalue weighted by Crippen LogP contribution is -2.39. The molecule has 0 saturated carbocycles. The lowest BCUT2D eigenvalue weighted by Gasteiger charge is -2.33. The van der Waals surface area contributed by atoms with E-state index in [4.69, 9.17) is 22.1 Å². The van der Waals surface area contributed by atoms with E-state index < -0.39 is 4.92 Å². The molecule has 0 amide bonds. The van der Waals surface area contributed by atoms with Crippen molar-refractivity contribution in [3.8, 4) is 0 Å². The molecule has 8 nitrogen and oxygen atoms in total. The summed E-state index contributed by atoms with van der Waals surface area (Å²) in [7, 11) is 0. The van der Waals surface area contributed by atoms with Gasteiger partial charge in [-0.15, -0.1) is 0 Å². The van der Waals surface area contributed by atoms with Gasteiger partial charge in [-0.25, -0.2) is 4.98 Å². The van der Waals surface area contributed by atoms with Gasteiger partial charge in [0, 0.05) is 17.1 Å². The summed E-state index contributed by atoms with van der Waals surface area (Å²) in [6, 6.07) is 7.46. The van der Waals surface area contributed by atoms with E-state index in [-0.39, 0.29) is 17.6 Å². The third-order valence-electron chi connectivity index (χ3n) is 3.58. The van der Waals surface area contributed by atoms with Crippen LogP contribution in [-0.2, 0) is 4.74 Å². The van der Waals surface area contributed by atoms with Crippen LogP contribution >= 0.6 is 11.6 Å². The molecule has 23 heavy (non-hydrogen) atoms. The predicted octanol–water partition coefficient (Wildman–Crippen LogP) is 2.20. The summed E-state index contributed by atoms with van der Waals surface area (Å²) in [5, 5.41) is 11.4. The molecule has 9 heteroatoms. The highest BCUT2D eigenvalue weighted by Gasteiger charge is 2.26. The number of nitrogen functional groups attached to an aromatic ring is 1. The first-order valence-electron chi connectivity index (χ1n) is 6.94. The Bertz CT molecular complexity index is 742. The molecular weight excluding hydrogens is 322 g/mol. The minimum atomic E-state index is -0.606. The number of nitro groups is 1. The first-order chi connectivity index (χ1) is 11.1. The largest absolute Gasteiger partial charge is 0.378 e. The fourth-order valence-corrected chi connectivity index (χ4v) is 2.68. The number of nitrogens with zero attached hydrogens (tertiary/aromatic N) is 4. The Kier molecular flexibility index (Phi) is 4.26. The van der Waals surface area contributed by atoms with Crippen LogP contribution in [-0.4, -0.2) is 34.6 Å². The Balaban J connectivity index is 1.83. The molecule has 1 aliphatic heterocycles. The van der Waals surface area contributed by atoms with Crippen LogP contribution in [0.4, 0.5) is 17.5 Å². The molecule has 1 unspecified atom stereocenters. The molecule has 1 aromatic carbocycles. The summed E-state index contributed by atoms with van der Waals surface area (Å²) in [6.07, 6.45) is 0.898. The molecule has 1 aliphatic rings. The molecule has 2 N–H and O–H groups in total. The number of rotatable bonds is 3. The quantitative estimate of drug-likeness (QED) is 0.676. The molecule has 1 fully saturated rings. The Morgan fingerprint density at radius 1 is 1.43 bits per heavy atom. The van der Waals surface area contributed by atoms with E-state index in [2.05, 4.69) is 9.97 Å². The first-order valence-corrected chi connectivity index (χ1v) is 7.32. The highest BCUT2D eigenvalue weighted by molar-refractivity contribution is 6.31. The minimum absolute atomic E-state index is 0.152. The molecule has 0 aliphatic carbocycles. The standard InChI is InChI=1S/C14H14ClN5O3/c15-10-4-2-1-3-9(10)12-8-19(5-6-23-12)14-17-7-11(20(21)22)13(16)18-14/h1-4,7,12H,5-6,8H2,(H2,16,17,18). The number of halogens is 1. The molecule has 0 radical (unpaired) electrons. The van der Waals surface area contributed by atoms with Crippen LogP contribution in [0, 0.1) is 10.1 Å². The molecule has 0 bridgehead atoms. The monoisotopic (exact) mass is 335 g/mol. The van der Waals surface area contributed by atoms with Gasteiger partial charge in [0.1, 0.15) is 12.3 Å². The number of morpholine rings is 1. The van der Waals surface area contributed by atoms with Crippen LogP contribution in [0.15, 0.2) is 30.5 Å². The fourth-order valence-electron chi connectivity index (χ4n) is 2.43. The van der Waals surface area contributed by atoms with Crippen LogP contribution in [0.3, 0.4) is 0 Å². The van der Waals surface area contributed by atoms with Crippen molar-refractivity contribution in [1.29, 1.82) is 0 Å². The summed E-state index contributed by atoms with van der Waals surface area (Å²) in [5.74, 6) is 0.189. The molecular formula is C14H14ClN5O3. The number of hydrogen-bond donors (Lipinski definition) is 1. The number of benzene rings is 1. The fraction of sp³-hybridized carbons (Fsp3) is 0.286. The van der Waals surface area contributed by atoms with Gasteiger partial charge in [0.25, 0.3) is 0 Å². The predicted molar refractivity (Wildman–Crippen MR) is 85.5 cm³/mol. The van der Waals surface area contributed by atoms with Gasteiger partial charge in [-0.1, -0.05) is 29.8 Å². The van der Waals surface area contributed by atoms with Crippen LogP contribution in [0.2, 0.25) is 5.02 Å². The number of anilines is 2. The van der Waals surface area contributed by atoms with Crippen molar-refractivity contribution in [2.45, 2.75) is 6.10 Å². The number of ether oxygens (including phenoxy) is 1. The second kappa shape index (κ2) is 6.35. The van der Waals surface area contributed by atoms with Gasteiger partial charge in [0.2, 0.25) is 11.8 Å². The Morgan fingerprint density at radius 3 is 2.91 bits per heavy atom. The van der Waals surface area contributed by atoms with Crippen LogP contribution in [0.5, 0.6) is 0 Å². The third-order valence-corrected chi connectivity index (χ3v) is 3.93. The van der Waals surface area contributed by atoms with Gasteiger partial charge in [0.05, 0.1) is 18.1 Å². The van der Waals surface area contributed by atoms with Gasteiger partial charge < -0.3 is 15.4 Å². The van der Waals surface area contributed by atoms with Gasteiger partial charge in [0.15, 0.2) is 0 Å². The van der Waals surface area contributed by atoms with E-state index in [1.807, 2.05) is 23.1 Å². The van der Waals surface area contributed by atoms with Crippen molar-refractivity contribution >= 4 is 29.1 Å². The van der Waals surface area contributed by atoms with E-state index >= 15 is 0 Å². The second-order valence-electron chi connectivity index (χ2n) is 5.02. The SMILES string of the molecule is Nc1nc(N2CCOC(c3ccccc3Cl)C2)ncc1[N+](=O)[O-]. The van der Waals surface area contributed by atoms with E-state index in [0.717, 1.165) is 11.8 Å². The second-order valence-corrected chi connectivity index (χ2v) is 5.43. The number of nitrogens with two attached hydrogens (primary N) is 1. The lowest BCUT2D eigenvalue weighted by molar-refractivity contribution is -0.384. The van der Waals surface area contributed by atoms with Crippen molar-refractivity contribution in [2.75, 3.05) is 30.3 Å². The highest BCUT2D eigenvalue weighted by Crippen LogP contribution is 2.30. The van der Waals surface area contributed by atoms with Crippen molar-refractivity contribution < 1.29 is 9.66 Å². The third kappa shape index (κ3) is 3.17. The average molecular weight is 336 g/mol. The molecule has 2 aromatic rings. The molecule has 1 saturated heterocycles. The topological polar surface area (TPSA) is 107 Å². The van der Waals surface area contributed by atoms with E-state index in [1.165, 1.54) is 0 Å². The molecule has 120 valence electrons. The number of hydrogen-bond acceptors (Lipinski definition) is 7. The number of aromatic nitrogens is 2. The Labute approximate surface area is 137 Å². The zero-order valence-electron chi connectivity index (χ0n) is 12.1. The Hall–Kier alpha value is -2.45. The van der Waals surface area contributed by atoms with Crippen LogP contribution < -0.4 is 10.6 Å². The first kappa shape index (κ1) is 15.4. The molecule has 0 spiro atoms. The van der Waals surface area contributed by atoms with Crippen LogP contribution in [0.25, 0.3) is 0 Å². The molecule has 2 heterocycles. The normalized spacial score (nSPS) is 18.0. The van der Waals surface area contributed by atoms with Crippen molar-refractivity contribution in [3.05, 3.63) is 51.2 Å².